The lowest BCUT2D eigenvalue weighted by Gasteiger charge is -2.11. The Labute approximate surface area is 145 Å². The van der Waals surface area contributed by atoms with Crippen molar-refractivity contribution < 1.29 is 14.3 Å². The zero-order valence-corrected chi connectivity index (χ0v) is 14.6. The van der Waals surface area contributed by atoms with Gasteiger partial charge in [0.2, 0.25) is 0 Å². The fourth-order valence-corrected chi connectivity index (χ4v) is 2.95. The van der Waals surface area contributed by atoms with Gasteiger partial charge in [0.15, 0.2) is 5.75 Å². The summed E-state index contributed by atoms with van der Waals surface area (Å²) in [6, 6.07) is 15.8. The lowest BCUT2D eigenvalue weighted by molar-refractivity contribution is -0.403. The Balaban J connectivity index is 1.72. The summed E-state index contributed by atoms with van der Waals surface area (Å²) in [5.74, 6) is 0.534. The quantitative estimate of drug-likeness (QED) is 0.224. The molecule has 3 aromatic carbocycles. The molecule has 4 nitrogen and oxygen atoms in total. The minimum Gasteiger partial charge on any atom is -0.398 e. The van der Waals surface area contributed by atoms with Crippen molar-refractivity contribution in [2.24, 2.45) is 0 Å². The van der Waals surface area contributed by atoms with E-state index in [0.717, 1.165) is 38.8 Å². The van der Waals surface area contributed by atoms with Crippen molar-refractivity contribution in [3.63, 3.8) is 0 Å². The molecule has 0 aliphatic rings. The van der Waals surface area contributed by atoms with E-state index in [-0.39, 0.29) is 0 Å². The lowest BCUT2D eigenvalue weighted by Crippen LogP contribution is -1.98. The number of benzene rings is 3. The molecule has 0 aromatic heterocycles. The van der Waals surface area contributed by atoms with Crippen molar-refractivity contribution in [2.75, 3.05) is 5.73 Å². The molecule has 2 N–H and O–H groups in total. The fraction of sp³-hybridized carbons (Fsp3) is 0.158. The summed E-state index contributed by atoms with van der Waals surface area (Å²) >= 11 is 1.09. The molecule has 124 valence electrons. The molecule has 0 heterocycles. The molecule has 24 heavy (non-hydrogen) atoms. The van der Waals surface area contributed by atoms with E-state index in [2.05, 4.69) is 12.1 Å². The molecule has 0 spiro atoms. The highest BCUT2D eigenvalue weighted by molar-refractivity contribution is 7.94. The minimum atomic E-state index is 0.534. The van der Waals surface area contributed by atoms with Crippen LogP contribution in [0.15, 0.2) is 53.4 Å². The number of nitrogen functional groups attached to an aromatic ring is 1. The summed E-state index contributed by atoms with van der Waals surface area (Å²) in [7, 11) is 0. The average Bonchev–Trinajstić information content (AvgIpc) is 2.52. The van der Waals surface area contributed by atoms with Crippen molar-refractivity contribution in [2.45, 2.75) is 25.7 Å². The van der Waals surface area contributed by atoms with Gasteiger partial charge in [0.05, 0.1) is 17.4 Å². The fourth-order valence-electron chi connectivity index (χ4n) is 2.57. The SMILES string of the molecule is Cc1ccc(SOOOc2cc(C)cc3cc(C)cc(N)c23)cc1. The Hall–Kier alpha value is -2.21. The van der Waals surface area contributed by atoms with E-state index >= 15 is 0 Å². The first-order chi connectivity index (χ1) is 11.5. The summed E-state index contributed by atoms with van der Waals surface area (Å²) in [5.41, 5.74) is 10.1. The van der Waals surface area contributed by atoms with E-state index in [1.54, 1.807) is 0 Å². The van der Waals surface area contributed by atoms with Gasteiger partial charge in [-0.3, -0.25) is 0 Å². The van der Waals surface area contributed by atoms with Crippen LogP contribution in [0.2, 0.25) is 0 Å². The molecule has 0 atom stereocenters. The molecule has 0 unspecified atom stereocenters. The molecule has 0 radical (unpaired) electrons. The Bertz CT molecular complexity index is 857. The second-order valence-electron chi connectivity index (χ2n) is 5.83. The Kier molecular flexibility index (Phi) is 4.94. The first-order valence-corrected chi connectivity index (χ1v) is 8.32. The van der Waals surface area contributed by atoms with Crippen LogP contribution in [-0.2, 0) is 9.37 Å². The first-order valence-electron chi connectivity index (χ1n) is 7.58. The highest BCUT2D eigenvalue weighted by atomic mass is 32.2. The van der Waals surface area contributed by atoms with Crippen LogP contribution in [0.5, 0.6) is 5.75 Å². The molecular formula is C19H19NO3S. The zero-order chi connectivity index (χ0) is 17.1. The second-order valence-corrected chi connectivity index (χ2v) is 6.61. The molecule has 0 aliphatic heterocycles. The highest BCUT2D eigenvalue weighted by Gasteiger charge is 2.10. The van der Waals surface area contributed by atoms with E-state index in [1.165, 1.54) is 5.56 Å². The van der Waals surface area contributed by atoms with Crippen LogP contribution >= 0.6 is 12.0 Å². The van der Waals surface area contributed by atoms with Crippen molar-refractivity contribution in [3.8, 4) is 5.75 Å². The van der Waals surface area contributed by atoms with E-state index in [4.69, 9.17) is 20.0 Å². The molecule has 3 rings (SSSR count). The summed E-state index contributed by atoms with van der Waals surface area (Å²) in [5, 5.41) is 6.74. The Morgan fingerprint density at radius 1 is 0.833 bits per heavy atom. The standard InChI is InChI=1S/C19H19NO3S/c1-12-4-6-16(7-5-12)24-23-22-21-18-11-14(3)9-15-8-13(2)10-17(20)19(15)18/h4-11H,20H2,1-3H3. The summed E-state index contributed by atoms with van der Waals surface area (Å²) in [6.07, 6.45) is 0. The van der Waals surface area contributed by atoms with Crippen LogP contribution in [0.25, 0.3) is 10.8 Å². The molecular weight excluding hydrogens is 322 g/mol. The van der Waals surface area contributed by atoms with Crippen LogP contribution in [0.3, 0.4) is 0 Å². The van der Waals surface area contributed by atoms with Gasteiger partial charge in [-0.05, 0) is 66.6 Å². The van der Waals surface area contributed by atoms with Gasteiger partial charge >= 0.3 is 0 Å². The van der Waals surface area contributed by atoms with E-state index in [1.807, 2.05) is 57.2 Å². The third kappa shape index (κ3) is 3.82. The number of anilines is 1. The van der Waals surface area contributed by atoms with Crippen LogP contribution in [-0.4, -0.2) is 0 Å². The smallest absolute Gasteiger partial charge is 0.178 e. The maximum absolute atomic E-state index is 6.14. The summed E-state index contributed by atoms with van der Waals surface area (Å²) < 4.78 is 5.07. The number of nitrogens with two attached hydrogens (primary N) is 1. The molecule has 0 saturated carbocycles. The molecule has 0 aliphatic carbocycles. The van der Waals surface area contributed by atoms with Gasteiger partial charge < -0.3 is 10.6 Å². The lowest BCUT2D eigenvalue weighted by atomic mass is 10.0. The molecule has 0 saturated heterocycles. The number of rotatable bonds is 5. The van der Waals surface area contributed by atoms with Crippen molar-refractivity contribution in [1.29, 1.82) is 0 Å². The van der Waals surface area contributed by atoms with Crippen LogP contribution < -0.4 is 10.6 Å². The maximum atomic E-state index is 6.14. The van der Waals surface area contributed by atoms with Gasteiger partial charge in [0.25, 0.3) is 0 Å². The van der Waals surface area contributed by atoms with Gasteiger partial charge in [-0.1, -0.05) is 29.8 Å². The third-order valence-corrected chi connectivity index (χ3v) is 4.22. The van der Waals surface area contributed by atoms with E-state index < -0.39 is 0 Å². The first kappa shape index (κ1) is 16.6. The van der Waals surface area contributed by atoms with Gasteiger partial charge in [0, 0.05) is 10.6 Å². The van der Waals surface area contributed by atoms with Gasteiger partial charge in [-0.25, -0.2) is 0 Å². The minimum absolute atomic E-state index is 0.534. The van der Waals surface area contributed by atoms with Crippen molar-refractivity contribution >= 4 is 28.5 Å². The van der Waals surface area contributed by atoms with Crippen molar-refractivity contribution in [3.05, 3.63) is 65.2 Å². The van der Waals surface area contributed by atoms with Crippen LogP contribution in [0, 0.1) is 20.8 Å². The predicted octanol–water partition coefficient (Wildman–Crippen LogP) is 5.30. The van der Waals surface area contributed by atoms with E-state index in [0.29, 0.717) is 11.4 Å². The van der Waals surface area contributed by atoms with Gasteiger partial charge in [0.1, 0.15) is 0 Å². The Morgan fingerprint density at radius 2 is 1.50 bits per heavy atom. The second kappa shape index (κ2) is 7.13. The highest BCUT2D eigenvalue weighted by Crippen LogP contribution is 2.34. The molecule has 0 fully saturated rings. The number of fused-ring (bicyclic) bond motifs is 1. The van der Waals surface area contributed by atoms with Crippen LogP contribution in [0.4, 0.5) is 5.69 Å². The Morgan fingerprint density at radius 3 is 2.21 bits per heavy atom. The number of hydrogen-bond donors (Lipinski definition) is 1. The van der Waals surface area contributed by atoms with E-state index in [9.17, 15) is 0 Å². The summed E-state index contributed by atoms with van der Waals surface area (Å²) in [6.45, 7) is 6.03. The largest absolute Gasteiger partial charge is 0.398 e. The van der Waals surface area contributed by atoms with Crippen LogP contribution in [0.1, 0.15) is 16.7 Å². The van der Waals surface area contributed by atoms with Crippen molar-refractivity contribution in [1.82, 2.24) is 0 Å². The van der Waals surface area contributed by atoms with Gasteiger partial charge in [-0.2, -0.15) is 0 Å². The van der Waals surface area contributed by atoms with Gasteiger partial charge in [-0.15, -0.1) is 4.33 Å². The summed E-state index contributed by atoms with van der Waals surface area (Å²) in [4.78, 5) is 6.27. The normalized spacial score (nSPS) is 11.0. The predicted molar refractivity (Wildman–Crippen MR) is 97.7 cm³/mol. The number of hydrogen-bond acceptors (Lipinski definition) is 5. The topological polar surface area (TPSA) is 53.7 Å². The zero-order valence-electron chi connectivity index (χ0n) is 13.8. The maximum Gasteiger partial charge on any atom is 0.178 e. The molecule has 5 heteroatoms. The molecule has 3 aromatic rings. The average molecular weight is 341 g/mol. The monoisotopic (exact) mass is 341 g/mol. The molecule has 0 amide bonds. The third-order valence-electron chi connectivity index (χ3n) is 3.63. The number of aryl methyl sites for hydroxylation is 3. The molecule has 0 bridgehead atoms.